The topological polar surface area (TPSA) is 35.2 Å². The Morgan fingerprint density at radius 2 is 2.33 bits per heavy atom. The molecule has 2 atom stereocenters. The zero-order valence-corrected chi connectivity index (χ0v) is 8.31. The molecule has 2 heteroatoms. The summed E-state index contributed by atoms with van der Waals surface area (Å²) in [5.41, 5.74) is 5.78. The van der Waals surface area contributed by atoms with Crippen molar-refractivity contribution in [2.75, 3.05) is 13.2 Å². The highest BCUT2D eigenvalue weighted by Crippen LogP contribution is 2.36. The van der Waals surface area contributed by atoms with Gasteiger partial charge in [-0.1, -0.05) is 13.8 Å². The van der Waals surface area contributed by atoms with Crippen LogP contribution in [-0.2, 0) is 4.74 Å². The standard InChI is InChI=1S/C10H21NO/c1-3-6-12-10(8-11)5-4-9(2)7-10/h9H,3-8,11H2,1-2H3. The molecule has 2 unspecified atom stereocenters. The smallest absolute Gasteiger partial charge is 0.0806 e. The minimum absolute atomic E-state index is 0.0371. The first kappa shape index (κ1) is 10.0. The Hall–Kier alpha value is -0.0800. The molecule has 0 aromatic carbocycles. The van der Waals surface area contributed by atoms with Crippen molar-refractivity contribution < 1.29 is 4.74 Å². The molecule has 0 aromatic rings. The van der Waals surface area contributed by atoms with Crippen molar-refractivity contribution in [2.24, 2.45) is 11.7 Å². The minimum atomic E-state index is 0.0371. The summed E-state index contributed by atoms with van der Waals surface area (Å²) in [5, 5.41) is 0. The van der Waals surface area contributed by atoms with E-state index in [4.69, 9.17) is 10.5 Å². The van der Waals surface area contributed by atoms with Gasteiger partial charge in [0.05, 0.1) is 5.60 Å². The molecule has 0 spiro atoms. The van der Waals surface area contributed by atoms with Crippen molar-refractivity contribution in [3.8, 4) is 0 Å². The molecule has 12 heavy (non-hydrogen) atoms. The lowest BCUT2D eigenvalue weighted by Crippen LogP contribution is -2.38. The molecule has 1 rings (SSSR count). The van der Waals surface area contributed by atoms with Crippen molar-refractivity contribution in [3.63, 3.8) is 0 Å². The molecule has 0 amide bonds. The van der Waals surface area contributed by atoms with Crippen molar-refractivity contribution in [2.45, 2.75) is 45.1 Å². The molecule has 72 valence electrons. The van der Waals surface area contributed by atoms with Crippen molar-refractivity contribution in [3.05, 3.63) is 0 Å². The third-order valence-electron chi connectivity index (χ3n) is 2.80. The molecule has 0 bridgehead atoms. The van der Waals surface area contributed by atoms with Gasteiger partial charge in [0.1, 0.15) is 0 Å². The van der Waals surface area contributed by atoms with Gasteiger partial charge < -0.3 is 10.5 Å². The van der Waals surface area contributed by atoms with Gasteiger partial charge in [0.15, 0.2) is 0 Å². The second-order valence-corrected chi connectivity index (χ2v) is 4.08. The number of hydrogen-bond donors (Lipinski definition) is 1. The molecule has 2 N–H and O–H groups in total. The van der Waals surface area contributed by atoms with E-state index < -0.39 is 0 Å². The molecule has 2 nitrogen and oxygen atoms in total. The van der Waals surface area contributed by atoms with E-state index in [1.807, 2.05) is 0 Å². The van der Waals surface area contributed by atoms with Crippen LogP contribution >= 0.6 is 0 Å². The van der Waals surface area contributed by atoms with Gasteiger partial charge in [-0.25, -0.2) is 0 Å². The summed E-state index contributed by atoms with van der Waals surface area (Å²) in [5.74, 6) is 0.797. The zero-order chi connectivity index (χ0) is 9.03. The molecular formula is C10H21NO. The average Bonchev–Trinajstić information content (AvgIpc) is 2.45. The van der Waals surface area contributed by atoms with E-state index in [9.17, 15) is 0 Å². The van der Waals surface area contributed by atoms with Crippen LogP contribution in [0.1, 0.15) is 39.5 Å². The van der Waals surface area contributed by atoms with Crippen LogP contribution in [0.3, 0.4) is 0 Å². The molecule has 1 saturated carbocycles. The molecule has 1 aliphatic rings. The highest BCUT2D eigenvalue weighted by molar-refractivity contribution is 4.90. The number of rotatable bonds is 4. The molecular weight excluding hydrogens is 150 g/mol. The lowest BCUT2D eigenvalue weighted by atomic mass is 10.0. The highest BCUT2D eigenvalue weighted by Gasteiger charge is 2.36. The summed E-state index contributed by atoms with van der Waals surface area (Å²) in [6, 6.07) is 0. The number of ether oxygens (including phenoxy) is 1. The van der Waals surface area contributed by atoms with Crippen molar-refractivity contribution >= 4 is 0 Å². The number of nitrogens with two attached hydrogens (primary N) is 1. The Morgan fingerprint density at radius 3 is 2.75 bits per heavy atom. The van der Waals surface area contributed by atoms with Crippen LogP contribution in [0.5, 0.6) is 0 Å². The quantitative estimate of drug-likeness (QED) is 0.701. The zero-order valence-electron chi connectivity index (χ0n) is 8.31. The van der Waals surface area contributed by atoms with Crippen LogP contribution in [0.4, 0.5) is 0 Å². The molecule has 0 heterocycles. The first-order chi connectivity index (χ1) is 5.72. The molecule has 0 radical (unpaired) electrons. The van der Waals surface area contributed by atoms with Gasteiger partial charge in [0, 0.05) is 13.2 Å². The number of hydrogen-bond acceptors (Lipinski definition) is 2. The first-order valence-electron chi connectivity index (χ1n) is 5.06. The fourth-order valence-electron chi connectivity index (χ4n) is 2.04. The SMILES string of the molecule is CCCOC1(CN)CCC(C)C1. The van der Waals surface area contributed by atoms with E-state index in [2.05, 4.69) is 13.8 Å². The van der Waals surface area contributed by atoms with Gasteiger partial charge in [0.2, 0.25) is 0 Å². The Bertz CT molecular complexity index is 138. The summed E-state index contributed by atoms with van der Waals surface area (Å²) in [6.45, 7) is 5.98. The van der Waals surface area contributed by atoms with E-state index in [0.717, 1.165) is 31.8 Å². The van der Waals surface area contributed by atoms with Crippen LogP contribution in [0, 0.1) is 5.92 Å². The second-order valence-electron chi connectivity index (χ2n) is 4.08. The summed E-state index contributed by atoms with van der Waals surface area (Å²) < 4.78 is 5.83. The van der Waals surface area contributed by atoms with Crippen LogP contribution in [0.2, 0.25) is 0 Å². The van der Waals surface area contributed by atoms with Gasteiger partial charge in [-0.05, 0) is 31.6 Å². The summed E-state index contributed by atoms with van der Waals surface area (Å²) in [6.07, 6.45) is 4.69. The fourth-order valence-corrected chi connectivity index (χ4v) is 2.04. The van der Waals surface area contributed by atoms with E-state index in [1.165, 1.54) is 6.42 Å². The largest absolute Gasteiger partial charge is 0.374 e. The van der Waals surface area contributed by atoms with E-state index in [0.29, 0.717) is 6.54 Å². The van der Waals surface area contributed by atoms with Crippen molar-refractivity contribution in [1.29, 1.82) is 0 Å². The normalized spacial score (nSPS) is 35.8. The van der Waals surface area contributed by atoms with Crippen molar-refractivity contribution in [1.82, 2.24) is 0 Å². The fraction of sp³-hybridized carbons (Fsp3) is 1.00. The van der Waals surface area contributed by atoms with Crippen LogP contribution in [0.25, 0.3) is 0 Å². The summed E-state index contributed by atoms with van der Waals surface area (Å²) in [7, 11) is 0. The van der Waals surface area contributed by atoms with Crippen LogP contribution in [0.15, 0.2) is 0 Å². The van der Waals surface area contributed by atoms with E-state index in [-0.39, 0.29) is 5.60 Å². The van der Waals surface area contributed by atoms with Gasteiger partial charge >= 0.3 is 0 Å². The van der Waals surface area contributed by atoms with Crippen LogP contribution < -0.4 is 5.73 Å². The lowest BCUT2D eigenvalue weighted by Gasteiger charge is -2.27. The third kappa shape index (κ3) is 2.20. The Balaban J connectivity index is 2.41. The monoisotopic (exact) mass is 171 g/mol. The Kier molecular flexibility index (Phi) is 3.53. The second kappa shape index (κ2) is 4.24. The lowest BCUT2D eigenvalue weighted by molar-refractivity contribution is -0.0355. The maximum atomic E-state index is 5.83. The summed E-state index contributed by atoms with van der Waals surface area (Å²) >= 11 is 0. The van der Waals surface area contributed by atoms with Gasteiger partial charge in [-0.2, -0.15) is 0 Å². The first-order valence-corrected chi connectivity index (χ1v) is 5.06. The molecule has 1 fully saturated rings. The maximum absolute atomic E-state index is 5.83. The van der Waals surface area contributed by atoms with Gasteiger partial charge in [0.25, 0.3) is 0 Å². The third-order valence-corrected chi connectivity index (χ3v) is 2.80. The summed E-state index contributed by atoms with van der Waals surface area (Å²) in [4.78, 5) is 0. The Morgan fingerprint density at radius 1 is 1.58 bits per heavy atom. The van der Waals surface area contributed by atoms with E-state index in [1.54, 1.807) is 0 Å². The van der Waals surface area contributed by atoms with Gasteiger partial charge in [-0.15, -0.1) is 0 Å². The maximum Gasteiger partial charge on any atom is 0.0806 e. The average molecular weight is 171 g/mol. The minimum Gasteiger partial charge on any atom is -0.374 e. The predicted octanol–water partition coefficient (Wildman–Crippen LogP) is 1.93. The van der Waals surface area contributed by atoms with Crippen LogP contribution in [-0.4, -0.2) is 18.8 Å². The molecule has 0 aromatic heterocycles. The molecule has 0 aliphatic heterocycles. The Labute approximate surface area is 75.5 Å². The predicted molar refractivity (Wildman–Crippen MR) is 51.0 cm³/mol. The molecule has 0 saturated heterocycles. The van der Waals surface area contributed by atoms with E-state index >= 15 is 0 Å². The molecule has 1 aliphatic carbocycles. The highest BCUT2D eigenvalue weighted by atomic mass is 16.5. The van der Waals surface area contributed by atoms with Gasteiger partial charge in [-0.3, -0.25) is 0 Å².